The lowest BCUT2D eigenvalue weighted by molar-refractivity contribution is -0.146. The van der Waals surface area contributed by atoms with Crippen LogP contribution in [0.2, 0.25) is 10.0 Å². The number of hydrogen-bond donors (Lipinski definition) is 2. The van der Waals surface area contributed by atoms with Crippen LogP contribution in [0.1, 0.15) is 13.8 Å². The van der Waals surface area contributed by atoms with Gasteiger partial charge in [0.15, 0.2) is 0 Å². The molecular weight excluding hydrogens is 349 g/mol. The topological polar surface area (TPSA) is 66.4 Å². The van der Waals surface area contributed by atoms with Crippen molar-refractivity contribution in [2.24, 2.45) is 23.7 Å². The Labute approximate surface area is 150 Å². The van der Waals surface area contributed by atoms with E-state index in [2.05, 4.69) is 5.32 Å². The van der Waals surface area contributed by atoms with E-state index in [4.69, 9.17) is 23.2 Å². The van der Waals surface area contributed by atoms with Gasteiger partial charge < -0.3 is 10.4 Å². The number of carbonyl (C=O) groups is 2. The first-order chi connectivity index (χ1) is 11.3. The predicted molar refractivity (Wildman–Crippen MR) is 94.2 cm³/mol. The van der Waals surface area contributed by atoms with Crippen LogP contribution in [0.25, 0.3) is 0 Å². The van der Waals surface area contributed by atoms with Gasteiger partial charge in [-0.05, 0) is 32.0 Å². The van der Waals surface area contributed by atoms with Crippen LogP contribution in [0.5, 0.6) is 0 Å². The number of fused-ring (bicyclic) bond motifs is 2. The zero-order valence-corrected chi connectivity index (χ0v) is 14.7. The molecule has 1 aromatic rings. The molecule has 2 N–H and O–H groups in total. The highest BCUT2D eigenvalue weighted by molar-refractivity contribution is 6.42. The Morgan fingerprint density at radius 3 is 2.21 bits per heavy atom. The molecule has 24 heavy (non-hydrogen) atoms. The zero-order valence-electron chi connectivity index (χ0n) is 13.2. The first-order valence-electron chi connectivity index (χ1n) is 7.65. The molecule has 1 fully saturated rings. The average Bonchev–Trinajstić information content (AvgIpc) is 3.06. The van der Waals surface area contributed by atoms with Crippen molar-refractivity contribution in [3.8, 4) is 0 Å². The summed E-state index contributed by atoms with van der Waals surface area (Å²) in [4.78, 5) is 24.5. The minimum absolute atomic E-state index is 0.163. The van der Waals surface area contributed by atoms with Crippen LogP contribution in [0.3, 0.4) is 0 Å². The molecule has 1 amide bonds. The summed E-state index contributed by atoms with van der Waals surface area (Å²) >= 11 is 11.8. The van der Waals surface area contributed by atoms with Crippen molar-refractivity contribution < 1.29 is 14.7 Å². The Morgan fingerprint density at radius 1 is 1.04 bits per heavy atom. The summed E-state index contributed by atoms with van der Waals surface area (Å²) in [6, 6.07) is 4.80. The molecule has 0 radical (unpaired) electrons. The van der Waals surface area contributed by atoms with Gasteiger partial charge in [0, 0.05) is 17.5 Å². The lowest BCUT2D eigenvalue weighted by atomic mass is 9.82. The number of anilines is 1. The van der Waals surface area contributed by atoms with E-state index in [-0.39, 0.29) is 17.7 Å². The number of carboxylic acid groups (broad SMARTS) is 1. The van der Waals surface area contributed by atoms with Gasteiger partial charge in [0.1, 0.15) is 0 Å². The number of carbonyl (C=O) groups excluding carboxylic acids is 1. The molecule has 1 saturated carbocycles. The van der Waals surface area contributed by atoms with E-state index in [1.165, 1.54) is 0 Å². The summed E-state index contributed by atoms with van der Waals surface area (Å²) in [6.07, 6.45) is 3.86. The van der Waals surface area contributed by atoms with Crippen molar-refractivity contribution in [3.63, 3.8) is 0 Å². The number of benzene rings is 1. The summed E-state index contributed by atoms with van der Waals surface area (Å²) in [5.41, 5.74) is 2.63. The van der Waals surface area contributed by atoms with Gasteiger partial charge in [-0.2, -0.15) is 0 Å². The maximum Gasteiger partial charge on any atom is 0.308 e. The van der Waals surface area contributed by atoms with Crippen molar-refractivity contribution in [2.75, 3.05) is 5.32 Å². The molecule has 6 heteroatoms. The Hall–Kier alpha value is -1.78. The second kappa shape index (κ2) is 6.26. The van der Waals surface area contributed by atoms with Gasteiger partial charge in [-0.3, -0.25) is 9.59 Å². The van der Waals surface area contributed by atoms with Crippen LogP contribution < -0.4 is 5.32 Å². The lowest BCUT2D eigenvalue weighted by Crippen LogP contribution is -2.36. The molecule has 2 aliphatic rings. The summed E-state index contributed by atoms with van der Waals surface area (Å²) in [6.45, 7) is 3.92. The van der Waals surface area contributed by atoms with Crippen LogP contribution >= 0.6 is 23.2 Å². The smallest absolute Gasteiger partial charge is 0.308 e. The van der Waals surface area contributed by atoms with E-state index in [1.807, 2.05) is 26.0 Å². The highest BCUT2D eigenvalue weighted by atomic mass is 35.5. The van der Waals surface area contributed by atoms with Crippen molar-refractivity contribution >= 4 is 40.8 Å². The third-order valence-corrected chi connectivity index (χ3v) is 5.50. The predicted octanol–water partition coefficient (Wildman–Crippen LogP) is 4.40. The molecule has 0 unspecified atom stereocenters. The van der Waals surface area contributed by atoms with Gasteiger partial charge >= 0.3 is 5.97 Å². The average molecular weight is 366 g/mol. The van der Waals surface area contributed by atoms with E-state index in [9.17, 15) is 14.7 Å². The summed E-state index contributed by atoms with van der Waals surface area (Å²) < 4.78 is 0. The molecule has 4 atom stereocenters. The Kier molecular flexibility index (Phi) is 4.45. The molecule has 0 heterocycles. The quantitative estimate of drug-likeness (QED) is 0.780. The summed E-state index contributed by atoms with van der Waals surface area (Å²) in [5, 5.41) is 13.1. The number of hydrogen-bond acceptors (Lipinski definition) is 2. The van der Waals surface area contributed by atoms with Crippen molar-refractivity contribution in [1.29, 1.82) is 0 Å². The molecule has 1 aromatic carbocycles. The molecule has 126 valence electrons. The van der Waals surface area contributed by atoms with Crippen LogP contribution in [-0.4, -0.2) is 17.0 Å². The number of carboxylic acids is 1. The highest BCUT2D eigenvalue weighted by Gasteiger charge is 2.54. The number of rotatable bonds is 3. The van der Waals surface area contributed by atoms with Crippen LogP contribution in [0.4, 0.5) is 5.69 Å². The molecule has 2 aliphatic carbocycles. The van der Waals surface area contributed by atoms with Gasteiger partial charge in [0.2, 0.25) is 5.91 Å². The van der Waals surface area contributed by atoms with E-state index in [0.29, 0.717) is 15.7 Å². The molecular formula is C18H17Cl2NO3. The number of halogens is 2. The van der Waals surface area contributed by atoms with Gasteiger partial charge in [-0.25, -0.2) is 0 Å². The number of nitrogens with one attached hydrogen (secondary N) is 1. The number of aliphatic carboxylic acids is 1. The van der Waals surface area contributed by atoms with Crippen LogP contribution in [-0.2, 0) is 9.59 Å². The maximum atomic E-state index is 12.8. The minimum atomic E-state index is -0.945. The fraction of sp³-hybridized carbons (Fsp3) is 0.333. The Morgan fingerprint density at radius 2 is 1.67 bits per heavy atom. The standard InChI is InChI=1S/C18H17Cl2NO3/c1-8(2)14-10-4-5-11(14)16(18(23)24)15(10)17(22)21-9-3-6-12(19)13(20)7-9/h3-7,10-11,15-16H,1-2H3,(H,21,22)(H,23,24)/t10-,11+,15+,16-/m0/s1. The van der Waals surface area contributed by atoms with Gasteiger partial charge in [0.05, 0.1) is 21.9 Å². The molecule has 4 nitrogen and oxygen atoms in total. The number of amides is 1. The minimum Gasteiger partial charge on any atom is -0.481 e. The third-order valence-electron chi connectivity index (χ3n) is 4.76. The SMILES string of the molecule is CC(C)=C1[C@H]2C=C[C@@H]1[C@@H](C(=O)Nc1ccc(Cl)c(Cl)c1)[C@H]2C(=O)O. The van der Waals surface area contributed by atoms with E-state index in [0.717, 1.165) is 11.1 Å². The molecule has 3 rings (SSSR count). The van der Waals surface area contributed by atoms with E-state index >= 15 is 0 Å². The van der Waals surface area contributed by atoms with Crippen LogP contribution in [0, 0.1) is 23.7 Å². The molecule has 0 saturated heterocycles. The van der Waals surface area contributed by atoms with Crippen molar-refractivity contribution in [2.45, 2.75) is 13.8 Å². The van der Waals surface area contributed by atoms with E-state index in [1.54, 1.807) is 18.2 Å². The van der Waals surface area contributed by atoms with Crippen molar-refractivity contribution in [3.05, 3.63) is 51.5 Å². The molecule has 0 spiro atoms. The fourth-order valence-electron chi connectivity index (χ4n) is 3.84. The Bertz CT molecular complexity index is 780. The zero-order chi connectivity index (χ0) is 17.6. The first-order valence-corrected chi connectivity index (χ1v) is 8.41. The van der Waals surface area contributed by atoms with Gasteiger partial charge in [-0.1, -0.05) is 46.5 Å². The van der Waals surface area contributed by atoms with Crippen molar-refractivity contribution in [1.82, 2.24) is 0 Å². The molecule has 2 bridgehead atoms. The van der Waals surface area contributed by atoms with E-state index < -0.39 is 17.8 Å². The maximum absolute atomic E-state index is 12.8. The largest absolute Gasteiger partial charge is 0.481 e. The third kappa shape index (κ3) is 2.74. The fourth-order valence-corrected chi connectivity index (χ4v) is 4.14. The monoisotopic (exact) mass is 365 g/mol. The summed E-state index contributed by atoms with van der Waals surface area (Å²) in [7, 11) is 0. The van der Waals surface area contributed by atoms with Gasteiger partial charge in [0.25, 0.3) is 0 Å². The normalized spacial score (nSPS) is 27.4. The second-order valence-corrected chi connectivity index (χ2v) is 7.21. The Balaban J connectivity index is 1.91. The molecule has 0 aliphatic heterocycles. The highest BCUT2D eigenvalue weighted by Crippen LogP contribution is 2.53. The molecule has 0 aromatic heterocycles. The van der Waals surface area contributed by atoms with Gasteiger partial charge in [-0.15, -0.1) is 0 Å². The lowest BCUT2D eigenvalue weighted by Gasteiger charge is -2.23. The number of allylic oxidation sites excluding steroid dienone is 4. The first kappa shape index (κ1) is 17.1. The summed E-state index contributed by atoms with van der Waals surface area (Å²) in [5.74, 6) is -2.99. The second-order valence-electron chi connectivity index (χ2n) is 6.40. The van der Waals surface area contributed by atoms with Crippen LogP contribution in [0.15, 0.2) is 41.5 Å².